The van der Waals surface area contributed by atoms with Crippen molar-refractivity contribution in [2.24, 2.45) is 5.92 Å². The Bertz CT molecular complexity index is 331. The van der Waals surface area contributed by atoms with Gasteiger partial charge in [-0.1, -0.05) is 142 Å². The number of hydrogen-bond donors (Lipinski definition) is 1. The summed E-state index contributed by atoms with van der Waals surface area (Å²) in [5, 5.41) is 0. The van der Waals surface area contributed by atoms with E-state index >= 15 is 0 Å². The van der Waals surface area contributed by atoms with Crippen molar-refractivity contribution in [3.05, 3.63) is 0 Å². The number of likely N-dealkylation sites (tertiary alicyclic amines) is 1. The Balaban J connectivity index is 1.79. The Morgan fingerprint density at radius 1 is 0.452 bits per heavy atom. The summed E-state index contributed by atoms with van der Waals surface area (Å²) in [6.07, 6.45) is 35.5. The van der Waals surface area contributed by atoms with Crippen molar-refractivity contribution in [1.82, 2.24) is 0 Å². The zero-order valence-corrected chi connectivity index (χ0v) is 22.2. The van der Waals surface area contributed by atoms with Crippen molar-refractivity contribution in [2.45, 2.75) is 168 Å². The third-order valence-electron chi connectivity index (χ3n) is 7.91. The fourth-order valence-corrected chi connectivity index (χ4v) is 5.58. The molecular formula is C30H62N+. The van der Waals surface area contributed by atoms with E-state index in [2.05, 4.69) is 13.8 Å². The SMILES string of the molecule is CCCCCCCCCCCCCC1CC[NH+](CCCCCCCCCCCC)CC1. The summed E-state index contributed by atoms with van der Waals surface area (Å²) in [4.78, 5) is 1.93. The minimum Gasteiger partial charge on any atom is -0.335 e. The summed E-state index contributed by atoms with van der Waals surface area (Å²) >= 11 is 0. The van der Waals surface area contributed by atoms with Gasteiger partial charge in [0.15, 0.2) is 0 Å². The van der Waals surface area contributed by atoms with Crippen LogP contribution in [0.15, 0.2) is 0 Å². The van der Waals surface area contributed by atoms with Crippen LogP contribution in [0.2, 0.25) is 0 Å². The summed E-state index contributed by atoms with van der Waals surface area (Å²) in [7, 11) is 0. The average Bonchev–Trinajstić information content (AvgIpc) is 2.79. The molecule has 1 rings (SSSR count). The third-order valence-corrected chi connectivity index (χ3v) is 7.91. The van der Waals surface area contributed by atoms with Gasteiger partial charge in [-0.15, -0.1) is 0 Å². The lowest BCUT2D eigenvalue weighted by atomic mass is 9.91. The van der Waals surface area contributed by atoms with E-state index in [1.807, 2.05) is 4.90 Å². The summed E-state index contributed by atoms with van der Waals surface area (Å²) < 4.78 is 0. The molecule has 0 aromatic carbocycles. The average molecular weight is 437 g/mol. The first-order valence-electron chi connectivity index (χ1n) is 15.2. The largest absolute Gasteiger partial charge is 0.335 e. The van der Waals surface area contributed by atoms with E-state index in [1.54, 1.807) is 0 Å². The monoisotopic (exact) mass is 436 g/mol. The summed E-state index contributed by atoms with van der Waals surface area (Å²) in [6.45, 7) is 9.02. The number of hydrogen-bond acceptors (Lipinski definition) is 0. The van der Waals surface area contributed by atoms with Crippen molar-refractivity contribution < 1.29 is 4.90 Å². The van der Waals surface area contributed by atoms with Crippen LogP contribution in [0.25, 0.3) is 0 Å². The summed E-state index contributed by atoms with van der Waals surface area (Å²) in [6, 6.07) is 0. The number of piperidine rings is 1. The van der Waals surface area contributed by atoms with Gasteiger partial charge in [-0.25, -0.2) is 0 Å². The molecule has 0 bridgehead atoms. The number of rotatable bonds is 23. The molecule has 186 valence electrons. The maximum atomic E-state index is 2.31. The molecule has 0 radical (unpaired) electrons. The molecule has 0 spiro atoms. The smallest absolute Gasteiger partial charge is 0.0773 e. The third kappa shape index (κ3) is 19.2. The second-order valence-electron chi connectivity index (χ2n) is 10.9. The predicted molar refractivity (Wildman–Crippen MR) is 141 cm³/mol. The molecule has 1 nitrogen and oxygen atoms in total. The summed E-state index contributed by atoms with van der Waals surface area (Å²) in [5.41, 5.74) is 0. The van der Waals surface area contributed by atoms with Crippen LogP contribution < -0.4 is 4.90 Å². The highest BCUT2D eigenvalue weighted by Crippen LogP contribution is 2.19. The fourth-order valence-electron chi connectivity index (χ4n) is 5.58. The van der Waals surface area contributed by atoms with Gasteiger partial charge < -0.3 is 4.90 Å². The lowest BCUT2D eigenvalue weighted by Gasteiger charge is -2.29. The minimum absolute atomic E-state index is 1.06. The lowest BCUT2D eigenvalue weighted by Crippen LogP contribution is -3.13. The van der Waals surface area contributed by atoms with Gasteiger partial charge in [-0.3, -0.25) is 0 Å². The molecule has 1 aliphatic heterocycles. The Morgan fingerprint density at radius 2 is 0.806 bits per heavy atom. The van der Waals surface area contributed by atoms with E-state index in [9.17, 15) is 0 Å². The van der Waals surface area contributed by atoms with E-state index in [4.69, 9.17) is 0 Å². The van der Waals surface area contributed by atoms with Gasteiger partial charge in [0.05, 0.1) is 19.6 Å². The molecule has 0 aromatic heterocycles. The molecule has 1 saturated heterocycles. The van der Waals surface area contributed by atoms with Gasteiger partial charge in [0.2, 0.25) is 0 Å². The van der Waals surface area contributed by atoms with Gasteiger partial charge in [-0.05, 0) is 31.6 Å². The topological polar surface area (TPSA) is 4.44 Å². The molecule has 1 heterocycles. The van der Waals surface area contributed by atoms with Crippen LogP contribution >= 0.6 is 0 Å². The Hall–Kier alpha value is -0.0400. The molecule has 0 atom stereocenters. The standard InChI is InChI=1S/C30H61N/c1-3-5-7-9-11-13-15-16-18-20-22-24-30-25-28-31(29-26-30)27-23-21-19-17-14-12-10-8-6-4-2/h30H,3-29H2,1-2H3/p+1. The van der Waals surface area contributed by atoms with Crippen molar-refractivity contribution in [1.29, 1.82) is 0 Å². The quantitative estimate of drug-likeness (QED) is 0.152. The molecule has 0 unspecified atom stereocenters. The molecule has 1 fully saturated rings. The van der Waals surface area contributed by atoms with Gasteiger partial charge in [-0.2, -0.15) is 0 Å². The Kier molecular flexibility index (Phi) is 21.6. The zero-order chi connectivity index (χ0) is 22.2. The molecule has 1 N–H and O–H groups in total. The first-order chi connectivity index (χ1) is 15.4. The molecule has 0 saturated carbocycles. The Labute approximate surface area is 198 Å². The van der Waals surface area contributed by atoms with Gasteiger partial charge in [0.25, 0.3) is 0 Å². The molecule has 0 amide bonds. The second-order valence-corrected chi connectivity index (χ2v) is 10.9. The lowest BCUT2D eigenvalue weighted by molar-refractivity contribution is -0.906. The van der Waals surface area contributed by atoms with E-state index in [1.165, 1.54) is 174 Å². The minimum atomic E-state index is 1.06. The van der Waals surface area contributed by atoms with Crippen molar-refractivity contribution >= 4 is 0 Å². The Morgan fingerprint density at radius 3 is 1.23 bits per heavy atom. The van der Waals surface area contributed by atoms with Crippen LogP contribution in [0.4, 0.5) is 0 Å². The van der Waals surface area contributed by atoms with Gasteiger partial charge >= 0.3 is 0 Å². The highest BCUT2D eigenvalue weighted by molar-refractivity contribution is 4.63. The van der Waals surface area contributed by atoms with E-state index in [0.29, 0.717) is 0 Å². The molecule has 0 aromatic rings. The van der Waals surface area contributed by atoms with Crippen LogP contribution in [0.1, 0.15) is 168 Å². The molecule has 0 aliphatic carbocycles. The van der Waals surface area contributed by atoms with Gasteiger partial charge in [0, 0.05) is 0 Å². The first kappa shape index (κ1) is 29.0. The highest BCUT2D eigenvalue weighted by Gasteiger charge is 2.21. The predicted octanol–water partition coefficient (Wildman–Crippen LogP) is 8.90. The first-order valence-corrected chi connectivity index (χ1v) is 15.2. The zero-order valence-electron chi connectivity index (χ0n) is 22.2. The van der Waals surface area contributed by atoms with Crippen molar-refractivity contribution in [3.63, 3.8) is 0 Å². The number of nitrogens with one attached hydrogen (secondary N) is 1. The molecule has 1 heteroatoms. The number of unbranched alkanes of at least 4 members (excludes halogenated alkanes) is 19. The van der Waals surface area contributed by atoms with Crippen LogP contribution in [0.5, 0.6) is 0 Å². The van der Waals surface area contributed by atoms with Crippen molar-refractivity contribution in [3.8, 4) is 0 Å². The maximum Gasteiger partial charge on any atom is 0.0773 e. The van der Waals surface area contributed by atoms with Crippen molar-refractivity contribution in [2.75, 3.05) is 19.6 Å². The van der Waals surface area contributed by atoms with Crippen LogP contribution in [-0.2, 0) is 0 Å². The number of quaternary nitrogens is 1. The van der Waals surface area contributed by atoms with Crippen LogP contribution in [-0.4, -0.2) is 19.6 Å². The normalized spacial score (nSPS) is 19.2. The molecular weight excluding hydrogens is 374 g/mol. The van der Waals surface area contributed by atoms with E-state index < -0.39 is 0 Å². The van der Waals surface area contributed by atoms with Crippen LogP contribution in [0, 0.1) is 5.92 Å². The van der Waals surface area contributed by atoms with E-state index in [0.717, 1.165) is 5.92 Å². The molecule has 1 aliphatic rings. The van der Waals surface area contributed by atoms with Crippen LogP contribution in [0.3, 0.4) is 0 Å². The fraction of sp³-hybridized carbons (Fsp3) is 1.00. The van der Waals surface area contributed by atoms with Gasteiger partial charge in [0.1, 0.15) is 0 Å². The second kappa shape index (κ2) is 23.1. The highest BCUT2D eigenvalue weighted by atomic mass is 15.1. The molecule has 31 heavy (non-hydrogen) atoms. The maximum absolute atomic E-state index is 2.31. The summed E-state index contributed by atoms with van der Waals surface area (Å²) in [5.74, 6) is 1.06. The van der Waals surface area contributed by atoms with E-state index in [-0.39, 0.29) is 0 Å².